The highest BCUT2D eigenvalue weighted by atomic mass is 15.1. The van der Waals surface area contributed by atoms with Crippen LogP contribution in [0.4, 0.5) is 5.69 Å². The van der Waals surface area contributed by atoms with E-state index in [2.05, 4.69) is 49.2 Å². The van der Waals surface area contributed by atoms with Gasteiger partial charge in [0.05, 0.1) is 0 Å². The molecule has 1 N–H and O–H groups in total. The normalized spacial score (nSPS) is 18.6. The molecular formula is C17H28N2. The molecular weight excluding hydrogens is 232 g/mol. The van der Waals surface area contributed by atoms with E-state index in [-0.39, 0.29) is 0 Å². The van der Waals surface area contributed by atoms with Gasteiger partial charge in [-0.05, 0) is 49.4 Å². The summed E-state index contributed by atoms with van der Waals surface area (Å²) in [6.45, 7) is 10.4. The summed E-state index contributed by atoms with van der Waals surface area (Å²) < 4.78 is 0. The summed E-state index contributed by atoms with van der Waals surface area (Å²) in [5.74, 6) is 0. The molecule has 0 aromatic heterocycles. The van der Waals surface area contributed by atoms with Crippen LogP contribution in [0.2, 0.25) is 0 Å². The zero-order valence-electron chi connectivity index (χ0n) is 12.9. The second-order valence-corrected chi connectivity index (χ2v) is 6.30. The molecule has 1 fully saturated rings. The Labute approximate surface area is 118 Å². The third-order valence-corrected chi connectivity index (χ3v) is 4.81. The van der Waals surface area contributed by atoms with Crippen molar-refractivity contribution in [3.8, 4) is 0 Å². The molecule has 1 saturated heterocycles. The fourth-order valence-electron chi connectivity index (χ4n) is 3.03. The van der Waals surface area contributed by atoms with E-state index in [1.165, 1.54) is 49.2 Å². The van der Waals surface area contributed by atoms with E-state index in [9.17, 15) is 0 Å². The smallest absolute Gasteiger partial charge is 0.0396 e. The molecule has 19 heavy (non-hydrogen) atoms. The second kappa shape index (κ2) is 5.96. The molecule has 0 saturated carbocycles. The summed E-state index contributed by atoms with van der Waals surface area (Å²) in [6.07, 6.45) is 3.95. The van der Waals surface area contributed by atoms with Gasteiger partial charge in [0.15, 0.2) is 0 Å². The molecule has 0 unspecified atom stereocenters. The summed E-state index contributed by atoms with van der Waals surface area (Å²) in [6, 6.07) is 6.88. The van der Waals surface area contributed by atoms with E-state index in [0.29, 0.717) is 5.41 Å². The lowest BCUT2D eigenvalue weighted by Crippen LogP contribution is -2.38. The van der Waals surface area contributed by atoms with Gasteiger partial charge in [-0.25, -0.2) is 0 Å². The van der Waals surface area contributed by atoms with Gasteiger partial charge >= 0.3 is 0 Å². The highest BCUT2D eigenvalue weighted by Gasteiger charge is 2.28. The molecule has 1 aromatic carbocycles. The third-order valence-electron chi connectivity index (χ3n) is 4.81. The minimum absolute atomic E-state index is 0.566. The Morgan fingerprint density at radius 3 is 2.47 bits per heavy atom. The van der Waals surface area contributed by atoms with Crippen molar-refractivity contribution in [3.05, 3.63) is 29.3 Å². The first-order valence-electron chi connectivity index (χ1n) is 7.57. The predicted molar refractivity (Wildman–Crippen MR) is 83.8 cm³/mol. The standard InChI is InChI=1S/C17H28N2/c1-5-17(3)8-10-19(11-9-17)16-7-6-15(13-18-4)12-14(16)2/h6-7,12,18H,5,8-11,13H2,1-4H3. The number of nitrogens with one attached hydrogen (secondary N) is 1. The number of benzene rings is 1. The molecule has 0 radical (unpaired) electrons. The third kappa shape index (κ3) is 3.30. The molecule has 0 atom stereocenters. The van der Waals surface area contributed by atoms with E-state index >= 15 is 0 Å². The SMILES string of the molecule is CCC1(C)CCN(c2ccc(CNC)cc2C)CC1. The summed E-state index contributed by atoms with van der Waals surface area (Å²) >= 11 is 0. The highest BCUT2D eigenvalue weighted by Crippen LogP contribution is 2.36. The van der Waals surface area contributed by atoms with E-state index in [1.54, 1.807) is 0 Å². The van der Waals surface area contributed by atoms with Gasteiger partial charge in [-0.2, -0.15) is 0 Å². The summed E-state index contributed by atoms with van der Waals surface area (Å²) in [7, 11) is 2.00. The lowest BCUT2D eigenvalue weighted by molar-refractivity contribution is 0.238. The summed E-state index contributed by atoms with van der Waals surface area (Å²) in [5, 5.41) is 3.21. The van der Waals surface area contributed by atoms with Crippen LogP contribution in [0.3, 0.4) is 0 Å². The molecule has 2 rings (SSSR count). The van der Waals surface area contributed by atoms with E-state index in [1.807, 2.05) is 7.05 Å². The van der Waals surface area contributed by atoms with Crippen molar-refractivity contribution < 1.29 is 0 Å². The molecule has 2 nitrogen and oxygen atoms in total. The molecule has 106 valence electrons. The van der Waals surface area contributed by atoms with Crippen molar-refractivity contribution >= 4 is 5.69 Å². The Morgan fingerprint density at radius 2 is 1.95 bits per heavy atom. The minimum Gasteiger partial charge on any atom is -0.371 e. The van der Waals surface area contributed by atoms with Crippen LogP contribution < -0.4 is 10.2 Å². The Bertz CT molecular complexity index is 417. The van der Waals surface area contributed by atoms with Crippen LogP contribution in [0.15, 0.2) is 18.2 Å². The monoisotopic (exact) mass is 260 g/mol. The average Bonchev–Trinajstić information content (AvgIpc) is 2.41. The maximum atomic E-state index is 3.21. The van der Waals surface area contributed by atoms with Crippen molar-refractivity contribution in [2.45, 2.75) is 46.6 Å². The number of rotatable bonds is 4. The Kier molecular flexibility index (Phi) is 4.51. The van der Waals surface area contributed by atoms with Crippen LogP contribution in [-0.2, 0) is 6.54 Å². The van der Waals surface area contributed by atoms with Crippen LogP contribution in [-0.4, -0.2) is 20.1 Å². The molecule has 0 amide bonds. The number of aryl methyl sites for hydroxylation is 1. The molecule has 0 spiro atoms. The highest BCUT2D eigenvalue weighted by molar-refractivity contribution is 5.54. The summed E-state index contributed by atoms with van der Waals surface area (Å²) in [5.41, 5.74) is 4.78. The number of hydrogen-bond donors (Lipinski definition) is 1. The van der Waals surface area contributed by atoms with Crippen molar-refractivity contribution in [1.82, 2.24) is 5.32 Å². The molecule has 1 aliphatic heterocycles. The first-order valence-corrected chi connectivity index (χ1v) is 7.57. The lowest BCUT2D eigenvalue weighted by Gasteiger charge is -2.40. The fraction of sp³-hybridized carbons (Fsp3) is 0.647. The van der Waals surface area contributed by atoms with Crippen LogP contribution in [0, 0.1) is 12.3 Å². The molecule has 0 aliphatic carbocycles. The van der Waals surface area contributed by atoms with Gasteiger partial charge in [-0.15, -0.1) is 0 Å². The Hall–Kier alpha value is -1.02. The number of piperidine rings is 1. The molecule has 2 heteroatoms. The van der Waals surface area contributed by atoms with Crippen molar-refractivity contribution in [2.24, 2.45) is 5.41 Å². The van der Waals surface area contributed by atoms with Gasteiger partial charge in [0.1, 0.15) is 0 Å². The summed E-state index contributed by atoms with van der Waals surface area (Å²) in [4.78, 5) is 2.57. The zero-order valence-corrected chi connectivity index (χ0v) is 12.9. The molecule has 1 heterocycles. The Balaban J connectivity index is 2.07. The van der Waals surface area contributed by atoms with Gasteiger partial charge in [-0.1, -0.05) is 32.4 Å². The molecule has 0 bridgehead atoms. The Morgan fingerprint density at radius 1 is 1.26 bits per heavy atom. The largest absolute Gasteiger partial charge is 0.371 e. The fourth-order valence-corrected chi connectivity index (χ4v) is 3.03. The minimum atomic E-state index is 0.566. The topological polar surface area (TPSA) is 15.3 Å². The molecule has 1 aromatic rings. The maximum absolute atomic E-state index is 3.21. The van der Waals surface area contributed by atoms with Crippen LogP contribution in [0.5, 0.6) is 0 Å². The van der Waals surface area contributed by atoms with Gasteiger partial charge in [0.25, 0.3) is 0 Å². The van der Waals surface area contributed by atoms with Gasteiger partial charge in [0.2, 0.25) is 0 Å². The van der Waals surface area contributed by atoms with Crippen LogP contribution >= 0.6 is 0 Å². The van der Waals surface area contributed by atoms with Gasteiger partial charge in [0, 0.05) is 25.3 Å². The zero-order chi connectivity index (χ0) is 13.9. The lowest BCUT2D eigenvalue weighted by atomic mass is 9.78. The van der Waals surface area contributed by atoms with E-state index in [4.69, 9.17) is 0 Å². The van der Waals surface area contributed by atoms with Crippen molar-refractivity contribution in [1.29, 1.82) is 0 Å². The quantitative estimate of drug-likeness (QED) is 0.887. The van der Waals surface area contributed by atoms with Gasteiger partial charge < -0.3 is 10.2 Å². The first-order chi connectivity index (χ1) is 9.08. The predicted octanol–water partition coefficient (Wildman–Crippen LogP) is 3.73. The van der Waals surface area contributed by atoms with Crippen LogP contribution in [0.25, 0.3) is 0 Å². The second-order valence-electron chi connectivity index (χ2n) is 6.30. The number of nitrogens with zero attached hydrogens (tertiary/aromatic N) is 1. The first kappa shape index (κ1) is 14.4. The van der Waals surface area contributed by atoms with Crippen LogP contribution in [0.1, 0.15) is 44.2 Å². The van der Waals surface area contributed by atoms with E-state index < -0.39 is 0 Å². The molecule has 1 aliphatic rings. The van der Waals surface area contributed by atoms with Crippen molar-refractivity contribution in [3.63, 3.8) is 0 Å². The van der Waals surface area contributed by atoms with Gasteiger partial charge in [-0.3, -0.25) is 0 Å². The average molecular weight is 260 g/mol. The van der Waals surface area contributed by atoms with E-state index in [0.717, 1.165) is 6.54 Å². The van der Waals surface area contributed by atoms with Crippen molar-refractivity contribution in [2.75, 3.05) is 25.0 Å². The number of anilines is 1. The number of hydrogen-bond acceptors (Lipinski definition) is 2. The maximum Gasteiger partial charge on any atom is 0.0396 e.